The van der Waals surface area contributed by atoms with Crippen LogP contribution in [0.5, 0.6) is 0 Å². The van der Waals surface area contributed by atoms with Gasteiger partial charge in [-0.15, -0.1) is 0 Å². The number of hydrogen-bond donors (Lipinski definition) is 2. The smallest absolute Gasteiger partial charge is 0.337 e. The number of rotatable bonds is 3. The predicted octanol–water partition coefficient (Wildman–Crippen LogP) is 1.23. The number of nitrogens with zero attached hydrogens (tertiary/aromatic N) is 1. The van der Waals surface area contributed by atoms with E-state index in [1.807, 2.05) is 0 Å². The van der Waals surface area contributed by atoms with Crippen molar-refractivity contribution in [2.75, 3.05) is 11.5 Å². The number of fused-ring (bicyclic) bond motifs is 5. The molecule has 3 aliphatic heterocycles. The number of aliphatic hydroxyl groups excluding tert-OH is 1. The number of benzene rings is 1. The highest BCUT2D eigenvalue weighted by Gasteiger charge is 2.72. The van der Waals surface area contributed by atoms with Crippen LogP contribution in [0.2, 0.25) is 5.02 Å². The van der Waals surface area contributed by atoms with E-state index in [-0.39, 0.29) is 16.3 Å². The second-order valence-electron chi connectivity index (χ2n) is 6.67. The average Bonchev–Trinajstić information content (AvgIpc) is 3.14. The van der Waals surface area contributed by atoms with Crippen LogP contribution < -0.4 is 4.90 Å². The first kappa shape index (κ1) is 16.3. The minimum atomic E-state index is -1.25. The van der Waals surface area contributed by atoms with Crippen molar-refractivity contribution in [2.24, 2.45) is 11.8 Å². The number of halogens is 1. The van der Waals surface area contributed by atoms with E-state index < -0.39 is 47.4 Å². The lowest BCUT2D eigenvalue weighted by Crippen LogP contribution is -2.43. The molecule has 4 atom stereocenters. The van der Waals surface area contributed by atoms with Crippen LogP contribution in [0.3, 0.4) is 0 Å². The first-order valence-corrected chi connectivity index (χ1v) is 8.04. The molecule has 7 nitrogen and oxygen atoms in total. The summed E-state index contributed by atoms with van der Waals surface area (Å²) in [6.07, 6.45) is 3.33. The van der Waals surface area contributed by atoms with E-state index in [0.717, 1.165) is 4.90 Å². The maximum absolute atomic E-state index is 13.0. The average molecular weight is 364 g/mol. The summed E-state index contributed by atoms with van der Waals surface area (Å²) in [5.74, 6) is -3.85. The Morgan fingerprint density at radius 2 is 1.96 bits per heavy atom. The number of carbonyl (C=O) groups excluding carboxylic acids is 2. The Kier molecular flexibility index (Phi) is 3.19. The van der Waals surface area contributed by atoms with Crippen LogP contribution in [0.1, 0.15) is 17.3 Å². The van der Waals surface area contributed by atoms with Crippen molar-refractivity contribution in [1.82, 2.24) is 0 Å². The van der Waals surface area contributed by atoms with Crippen molar-refractivity contribution < 1.29 is 29.3 Å². The zero-order valence-corrected chi connectivity index (χ0v) is 13.9. The van der Waals surface area contributed by atoms with Crippen LogP contribution >= 0.6 is 11.6 Å². The molecule has 3 aliphatic rings. The number of aromatic carboxylic acids is 1. The third-order valence-electron chi connectivity index (χ3n) is 5.24. The lowest BCUT2D eigenvalue weighted by Gasteiger charge is -2.27. The molecule has 2 bridgehead atoms. The van der Waals surface area contributed by atoms with Gasteiger partial charge in [0.1, 0.15) is 5.60 Å². The number of carboxylic acid groups (broad SMARTS) is 1. The predicted molar refractivity (Wildman–Crippen MR) is 86.3 cm³/mol. The molecule has 2 N–H and O–H groups in total. The lowest BCUT2D eigenvalue weighted by molar-refractivity contribution is -0.131. The van der Waals surface area contributed by atoms with Crippen LogP contribution in [-0.2, 0) is 14.3 Å². The van der Waals surface area contributed by atoms with Crippen LogP contribution in [0.25, 0.3) is 0 Å². The van der Waals surface area contributed by atoms with Gasteiger partial charge < -0.3 is 14.9 Å². The van der Waals surface area contributed by atoms with Gasteiger partial charge in [0.25, 0.3) is 0 Å². The summed E-state index contributed by atoms with van der Waals surface area (Å²) in [6, 6.07) is 3.96. The Bertz CT molecular complexity index is 867. The van der Waals surface area contributed by atoms with Gasteiger partial charge in [0.15, 0.2) is 0 Å². The van der Waals surface area contributed by atoms with Gasteiger partial charge in [0, 0.05) is 0 Å². The van der Waals surface area contributed by atoms with Gasteiger partial charge in [0.05, 0.1) is 40.3 Å². The van der Waals surface area contributed by atoms with Crippen LogP contribution in [-0.4, -0.2) is 45.8 Å². The first-order valence-electron chi connectivity index (χ1n) is 7.66. The monoisotopic (exact) mass is 363 g/mol. The fourth-order valence-electron chi connectivity index (χ4n) is 4.11. The standard InChI is InChI=1S/C17H14ClNO6/c1-16-4-5-17(7-20,25-16)12-11(16)13(21)19(14(12)22)8-2-3-10(18)9(6-8)15(23)24/h2-6,11-12,20H,7H2,1H3,(H,23,24). The first-order chi connectivity index (χ1) is 11.7. The Morgan fingerprint density at radius 3 is 2.60 bits per heavy atom. The maximum Gasteiger partial charge on any atom is 0.337 e. The van der Waals surface area contributed by atoms with E-state index in [2.05, 4.69) is 0 Å². The fraction of sp³-hybridized carbons (Fsp3) is 0.353. The van der Waals surface area contributed by atoms with Crippen molar-refractivity contribution in [3.63, 3.8) is 0 Å². The summed E-state index contributed by atoms with van der Waals surface area (Å²) in [5, 5.41) is 19.0. The molecule has 1 aromatic carbocycles. The Morgan fingerprint density at radius 1 is 1.28 bits per heavy atom. The van der Waals surface area contributed by atoms with Crippen LogP contribution in [0, 0.1) is 11.8 Å². The van der Waals surface area contributed by atoms with Gasteiger partial charge in [-0.25, -0.2) is 9.69 Å². The second-order valence-corrected chi connectivity index (χ2v) is 7.08. The van der Waals surface area contributed by atoms with Crippen molar-refractivity contribution in [1.29, 1.82) is 0 Å². The molecule has 3 heterocycles. The van der Waals surface area contributed by atoms with Crippen LogP contribution in [0.15, 0.2) is 30.4 Å². The highest BCUT2D eigenvalue weighted by Crippen LogP contribution is 2.57. The van der Waals surface area contributed by atoms with Gasteiger partial charge in [-0.05, 0) is 25.1 Å². The highest BCUT2D eigenvalue weighted by molar-refractivity contribution is 6.34. The number of aliphatic hydroxyl groups is 1. The van der Waals surface area contributed by atoms with E-state index in [1.165, 1.54) is 18.2 Å². The molecule has 0 radical (unpaired) electrons. The minimum absolute atomic E-state index is 0.0133. The molecule has 0 saturated carbocycles. The summed E-state index contributed by atoms with van der Waals surface area (Å²) in [6.45, 7) is 1.28. The Hall–Kier alpha value is -2.22. The van der Waals surface area contributed by atoms with Crippen LogP contribution in [0.4, 0.5) is 5.69 Å². The summed E-state index contributed by atoms with van der Waals surface area (Å²) in [7, 11) is 0. The van der Waals surface area contributed by atoms with E-state index in [1.54, 1.807) is 19.1 Å². The number of amides is 2. The lowest BCUT2D eigenvalue weighted by atomic mass is 9.73. The summed E-state index contributed by atoms with van der Waals surface area (Å²) < 4.78 is 5.83. The summed E-state index contributed by atoms with van der Waals surface area (Å²) in [4.78, 5) is 38.1. The number of carboxylic acids is 1. The largest absolute Gasteiger partial charge is 0.478 e. The van der Waals surface area contributed by atoms with Gasteiger partial charge in [-0.2, -0.15) is 0 Å². The third kappa shape index (κ3) is 1.91. The molecule has 2 amide bonds. The second kappa shape index (κ2) is 4.91. The highest BCUT2D eigenvalue weighted by atomic mass is 35.5. The van der Waals surface area contributed by atoms with E-state index in [0.29, 0.717) is 0 Å². The zero-order chi connectivity index (χ0) is 18.1. The number of anilines is 1. The number of imide groups is 1. The van der Waals surface area contributed by atoms with Gasteiger partial charge in [0.2, 0.25) is 11.8 Å². The SMILES string of the molecule is CC12C=CC(CO)(O1)C1C(=O)N(c3ccc(Cl)c(C(=O)O)c3)C(=O)C12. The van der Waals surface area contributed by atoms with Crippen molar-refractivity contribution in [2.45, 2.75) is 18.1 Å². The van der Waals surface area contributed by atoms with Gasteiger partial charge in [-0.1, -0.05) is 23.8 Å². The van der Waals surface area contributed by atoms with E-state index in [4.69, 9.17) is 16.3 Å². The van der Waals surface area contributed by atoms with Crippen molar-refractivity contribution in [3.05, 3.63) is 40.9 Å². The van der Waals surface area contributed by atoms with Crippen molar-refractivity contribution in [3.8, 4) is 0 Å². The molecule has 4 rings (SSSR count). The van der Waals surface area contributed by atoms with E-state index in [9.17, 15) is 24.6 Å². The summed E-state index contributed by atoms with van der Waals surface area (Å²) in [5.41, 5.74) is -2.25. The fourth-order valence-corrected chi connectivity index (χ4v) is 4.31. The minimum Gasteiger partial charge on any atom is -0.478 e. The molecule has 0 aliphatic carbocycles. The molecule has 2 saturated heterocycles. The Balaban J connectivity index is 1.81. The summed E-state index contributed by atoms with van der Waals surface area (Å²) >= 11 is 5.86. The molecule has 2 fully saturated rings. The topological polar surface area (TPSA) is 104 Å². The molecule has 1 aromatic rings. The number of ether oxygens (including phenoxy) is 1. The maximum atomic E-state index is 13.0. The normalized spacial score (nSPS) is 35.6. The molecular weight excluding hydrogens is 350 g/mol. The molecule has 4 unspecified atom stereocenters. The number of hydrogen-bond acceptors (Lipinski definition) is 5. The molecule has 0 spiro atoms. The quantitative estimate of drug-likeness (QED) is 0.618. The Labute approximate surface area is 147 Å². The van der Waals surface area contributed by atoms with Gasteiger partial charge in [-0.3, -0.25) is 9.59 Å². The zero-order valence-electron chi connectivity index (χ0n) is 13.1. The van der Waals surface area contributed by atoms with Crippen molar-refractivity contribution >= 4 is 35.1 Å². The number of carbonyl (C=O) groups is 3. The molecule has 8 heteroatoms. The molecular formula is C17H14ClNO6. The molecule has 130 valence electrons. The van der Waals surface area contributed by atoms with Gasteiger partial charge >= 0.3 is 5.97 Å². The third-order valence-corrected chi connectivity index (χ3v) is 5.57. The molecule has 0 aromatic heterocycles. The van der Waals surface area contributed by atoms with E-state index >= 15 is 0 Å². The molecule has 25 heavy (non-hydrogen) atoms.